The molecule has 0 radical (unpaired) electrons. The van der Waals surface area contributed by atoms with Crippen molar-refractivity contribution in [1.29, 1.82) is 0 Å². The minimum atomic E-state index is -4.71. The molecule has 2 fully saturated rings. The first kappa shape index (κ1) is 23.3. The molecule has 10 heteroatoms. The SMILES string of the molecule is Cl.O=C(CCc1ccc(OC(F)(F)F)cc1)N1CCCC(N2CCNCC2=O)C1. The summed E-state index contributed by atoms with van der Waals surface area (Å²) in [4.78, 5) is 28.3. The second-order valence-corrected chi connectivity index (χ2v) is 7.09. The minimum Gasteiger partial charge on any atom is -0.406 e. The maximum absolute atomic E-state index is 12.6. The second-order valence-electron chi connectivity index (χ2n) is 7.09. The number of hydrogen-bond donors (Lipinski definition) is 1. The third kappa shape index (κ3) is 6.78. The zero-order valence-electron chi connectivity index (χ0n) is 15.9. The zero-order valence-corrected chi connectivity index (χ0v) is 16.7. The number of rotatable bonds is 5. The maximum atomic E-state index is 12.6. The van der Waals surface area contributed by atoms with Crippen molar-refractivity contribution < 1.29 is 27.5 Å². The van der Waals surface area contributed by atoms with Crippen molar-refractivity contribution in [1.82, 2.24) is 15.1 Å². The lowest BCUT2D eigenvalue weighted by atomic mass is 10.0. The largest absolute Gasteiger partial charge is 0.573 e. The Balaban J connectivity index is 0.00000300. The summed E-state index contributed by atoms with van der Waals surface area (Å²) in [6.45, 7) is 3.00. The van der Waals surface area contributed by atoms with Gasteiger partial charge in [0.1, 0.15) is 5.75 Å². The molecule has 0 spiro atoms. The number of benzene rings is 1. The maximum Gasteiger partial charge on any atom is 0.573 e. The van der Waals surface area contributed by atoms with E-state index in [0.717, 1.165) is 24.9 Å². The highest BCUT2D eigenvalue weighted by molar-refractivity contribution is 5.85. The smallest absolute Gasteiger partial charge is 0.406 e. The molecule has 1 aromatic rings. The van der Waals surface area contributed by atoms with Gasteiger partial charge in [-0.15, -0.1) is 25.6 Å². The predicted molar refractivity (Wildman–Crippen MR) is 103 cm³/mol. The van der Waals surface area contributed by atoms with Gasteiger partial charge in [-0.25, -0.2) is 0 Å². The Morgan fingerprint density at radius 1 is 1.21 bits per heavy atom. The van der Waals surface area contributed by atoms with Crippen LogP contribution >= 0.6 is 12.4 Å². The standard InChI is InChI=1S/C19H24F3N3O3.ClH/c20-19(21,22)28-16-6-3-14(4-7-16)5-8-17(26)24-10-1-2-15(13-24)25-11-9-23-12-18(25)27;/h3-4,6-7,15,23H,1-2,5,8-13H2;1H. The molecule has 2 saturated heterocycles. The topological polar surface area (TPSA) is 61.9 Å². The summed E-state index contributed by atoms with van der Waals surface area (Å²) in [6.07, 6.45) is -2.23. The number of amides is 2. The summed E-state index contributed by atoms with van der Waals surface area (Å²) >= 11 is 0. The number of ether oxygens (including phenoxy) is 1. The predicted octanol–water partition coefficient (Wildman–Crippen LogP) is 2.36. The van der Waals surface area contributed by atoms with Crippen LogP contribution in [0.1, 0.15) is 24.8 Å². The van der Waals surface area contributed by atoms with Crippen LogP contribution in [0.2, 0.25) is 0 Å². The lowest BCUT2D eigenvalue weighted by molar-refractivity contribution is -0.274. The molecule has 2 amide bonds. The molecule has 0 aromatic heterocycles. The number of likely N-dealkylation sites (tertiary alicyclic amines) is 1. The van der Waals surface area contributed by atoms with Crippen LogP contribution in [-0.2, 0) is 16.0 Å². The third-order valence-corrected chi connectivity index (χ3v) is 5.10. The number of aryl methyl sites for hydroxylation is 1. The van der Waals surface area contributed by atoms with Gasteiger partial charge in [-0.3, -0.25) is 9.59 Å². The van der Waals surface area contributed by atoms with Crippen molar-refractivity contribution >= 4 is 24.2 Å². The summed E-state index contributed by atoms with van der Waals surface area (Å²) in [7, 11) is 0. The zero-order chi connectivity index (χ0) is 20.1. The minimum absolute atomic E-state index is 0. The van der Waals surface area contributed by atoms with Gasteiger partial charge in [0.05, 0.1) is 6.54 Å². The molecule has 1 N–H and O–H groups in total. The van der Waals surface area contributed by atoms with Crippen molar-refractivity contribution in [2.24, 2.45) is 0 Å². The van der Waals surface area contributed by atoms with E-state index in [1.54, 1.807) is 4.90 Å². The van der Waals surface area contributed by atoms with E-state index in [2.05, 4.69) is 10.1 Å². The van der Waals surface area contributed by atoms with Gasteiger partial charge < -0.3 is 19.9 Å². The van der Waals surface area contributed by atoms with Crippen LogP contribution in [0.5, 0.6) is 5.75 Å². The Kier molecular flexibility index (Phi) is 8.15. The normalized spacial score (nSPS) is 20.2. The number of nitrogens with zero attached hydrogens (tertiary/aromatic N) is 2. The van der Waals surface area contributed by atoms with Gasteiger partial charge in [0.2, 0.25) is 11.8 Å². The fourth-order valence-corrected chi connectivity index (χ4v) is 3.71. The van der Waals surface area contributed by atoms with Gasteiger partial charge in [-0.05, 0) is 37.0 Å². The first-order valence-electron chi connectivity index (χ1n) is 9.44. The van der Waals surface area contributed by atoms with Gasteiger partial charge in [0, 0.05) is 38.6 Å². The molecule has 29 heavy (non-hydrogen) atoms. The molecule has 1 unspecified atom stereocenters. The number of carbonyl (C=O) groups is 2. The van der Waals surface area contributed by atoms with Crippen molar-refractivity contribution in [2.75, 3.05) is 32.7 Å². The highest BCUT2D eigenvalue weighted by Gasteiger charge is 2.32. The summed E-state index contributed by atoms with van der Waals surface area (Å²) in [5.41, 5.74) is 0.772. The molecule has 162 valence electrons. The Morgan fingerprint density at radius 3 is 2.59 bits per heavy atom. The van der Waals surface area contributed by atoms with Crippen LogP contribution in [0, 0.1) is 0 Å². The molecule has 0 aliphatic carbocycles. The average molecular weight is 436 g/mol. The number of carbonyl (C=O) groups excluding carboxylic acids is 2. The van der Waals surface area contributed by atoms with Crippen LogP contribution in [0.4, 0.5) is 13.2 Å². The molecule has 1 aromatic carbocycles. The molecular weight excluding hydrogens is 411 g/mol. The molecule has 3 rings (SSSR count). The van der Waals surface area contributed by atoms with E-state index in [1.807, 2.05) is 4.90 Å². The number of piperidine rings is 1. The molecular formula is C19H25ClF3N3O3. The van der Waals surface area contributed by atoms with E-state index >= 15 is 0 Å². The molecule has 2 heterocycles. The fourth-order valence-electron chi connectivity index (χ4n) is 3.71. The number of nitrogens with one attached hydrogen (secondary N) is 1. The molecule has 2 aliphatic heterocycles. The summed E-state index contributed by atoms with van der Waals surface area (Å²) in [6, 6.07) is 5.63. The van der Waals surface area contributed by atoms with Crippen LogP contribution < -0.4 is 10.1 Å². The van der Waals surface area contributed by atoms with Crippen LogP contribution in [-0.4, -0.2) is 66.7 Å². The average Bonchev–Trinajstić information content (AvgIpc) is 2.66. The van der Waals surface area contributed by atoms with E-state index in [-0.39, 0.29) is 42.4 Å². The Hall–Kier alpha value is -2.00. The summed E-state index contributed by atoms with van der Waals surface area (Å²) in [5.74, 6) is -0.197. The van der Waals surface area contributed by atoms with Crippen molar-refractivity contribution in [2.45, 2.75) is 38.1 Å². The number of halogens is 4. The monoisotopic (exact) mass is 435 g/mol. The Bertz CT molecular complexity index is 700. The summed E-state index contributed by atoms with van der Waals surface area (Å²) in [5, 5.41) is 3.05. The van der Waals surface area contributed by atoms with E-state index in [0.29, 0.717) is 32.6 Å². The second kappa shape index (κ2) is 10.2. The van der Waals surface area contributed by atoms with E-state index < -0.39 is 6.36 Å². The lowest BCUT2D eigenvalue weighted by Gasteiger charge is -2.41. The van der Waals surface area contributed by atoms with Gasteiger partial charge in [-0.1, -0.05) is 12.1 Å². The van der Waals surface area contributed by atoms with Crippen molar-refractivity contribution in [3.05, 3.63) is 29.8 Å². The van der Waals surface area contributed by atoms with Crippen LogP contribution in [0.15, 0.2) is 24.3 Å². The molecule has 6 nitrogen and oxygen atoms in total. The number of alkyl halides is 3. The van der Waals surface area contributed by atoms with Gasteiger partial charge >= 0.3 is 6.36 Å². The first-order valence-corrected chi connectivity index (χ1v) is 9.44. The van der Waals surface area contributed by atoms with Crippen molar-refractivity contribution in [3.63, 3.8) is 0 Å². The van der Waals surface area contributed by atoms with E-state index in [4.69, 9.17) is 0 Å². The summed E-state index contributed by atoms with van der Waals surface area (Å²) < 4.78 is 40.4. The Morgan fingerprint density at radius 2 is 1.93 bits per heavy atom. The molecule has 2 aliphatic rings. The first-order chi connectivity index (χ1) is 13.3. The quantitative estimate of drug-likeness (QED) is 0.771. The van der Waals surface area contributed by atoms with E-state index in [1.165, 1.54) is 24.3 Å². The van der Waals surface area contributed by atoms with Gasteiger partial charge in [0.25, 0.3) is 0 Å². The Labute approximate surface area is 173 Å². The third-order valence-electron chi connectivity index (χ3n) is 5.10. The molecule has 0 saturated carbocycles. The fraction of sp³-hybridized carbons (Fsp3) is 0.579. The molecule has 0 bridgehead atoms. The highest BCUT2D eigenvalue weighted by Crippen LogP contribution is 2.23. The van der Waals surface area contributed by atoms with Crippen LogP contribution in [0.3, 0.4) is 0 Å². The van der Waals surface area contributed by atoms with Crippen LogP contribution in [0.25, 0.3) is 0 Å². The van der Waals surface area contributed by atoms with E-state index in [9.17, 15) is 22.8 Å². The number of hydrogen-bond acceptors (Lipinski definition) is 4. The highest BCUT2D eigenvalue weighted by atomic mass is 35.5. The van der Waals surface area contributed by atoms with Gasteiger partial charge in [0.15, 0.2) is 0 Å². The number of piperazine rings is 1. The molecule has 1 atom stereocenters. The van der Waals surface area contributed by atoms with Crippen molar-refractivity contribution in [3.8, 4) is 5.75 Å². The lowest BCUT2D eigenvalue weighted by Crippen LogP contribution is -2.57. The van der Waals surface area contributed by atoms with Gasteiger partial charge in [-0.2, -0.15) is 0 Å².